The van der Waals surface area contributed by atoms with Gasteiger partial charge in [-0.25, -0.2) is 0 Å². The zero-order valence-electron chi connectivity index (χ0n) is 18.8. The third kappa shape index (κ3) is 5.97. The fraction of sp³-hybridized carbons (Fsp3) is 0.920. The van der Waals surface area contributed by atoms with E-state index in [-0.39, 0.29) is 0 Å². The topological polar surface area (TPSA) is 0 Å². The van der Waals surface area contributed by atoms with E-state index in [4.69, 9.17) is 25.3 Å². The molecule has 0 amide bonds. The van der Waals surface area contributed by atoms with Crippen LogP contribution in [0, 0.1) is 40.9 Å². The molecule has 0 radical (unpaired) electrons. The first-order valence-electron chi connectivity index (χ1n) is 11.8. The minimum atomic E-state index is 0.444. The van der Waals surface area contributed by atoms with Crippen molar-refractivity contribution in [3.8, 4) is 0 Å². The Hall–Kier alpha value is 0.440. The molecular weight excluding hydrogens is 364 g/mol. The zero-order chi connectivity index (χ0) is 20.2. The molecule has 0 aromatic rings. The number of hydrogen-bond acceptors (Lipinski definition) is 2. The van der Waals surface area contributed by atoms with Crippen molar-refractivity contribution in [1.82, 2.24) is 0 Å². The Kier molecular flexibility index (Phi) is 9.19. The second-order valence-electron chi connectivity index (χ2n) is 10.3. The Morgan fingerprint density at radius 2 is 1.78 bits per heavy atom. The summed E-state index contributed by atoms with van der Waals surface area (Å²) in [5.74, 6) is 4.99. The molecule has 0 bridgehead atoms. The average molecular weight is 411 g/mol. The van der Waals surface area contributed by atoms with Gasteiger partial charge in [-0.1, -0.05) is 73.0 Å². The van der Waals surface area contributed by atoms with Crippen molar-refractivity contribution in [3.05, 3.63) is 12.2 Å². The SMILES string of the molecule is CCC(S)C(CCC(C)CCC1C(C)C1(C)C)C(CC)C1CCC=CC1S. The van der Waals surface area contributed by atoms with Crippen molar-refractivity contribution in [2.75, 3.05) is 0 Å². The Bertz CT molecular complexity index is 469. The van der Waals surface area contributed by atoms with Gasteiger partial charge in [-0.2, -0.15) is 25.3 Å². The van der Waals surface area contributed by atoms with Crippen LogP contribution in [0.5, 0.6) is 0 Å². The summed E-state index contributed by atoms with van der Waals surface area (Å²) in [5.41, 5.74) is 0.601. The van der Waals surface area contributed by atoms with Crippen LogP contribution in [0.25, 0.3) is 0 Å². The molecule has 2 aliphatic carbocycles. The van der Waals surface area contributed by atoms with E-state index in [1.807, 2.05) is 0 Å². The van der Waals surface area contributed by atoms with Crippen molar-refractivity contribution in [1.29, 1.82) is 0 Å². The van der Waals surface area contributed by atoms with E-state index < -0.39 is 0 Å². The molecule has 0 N–H and O–H groups in total. The molecule has 2 heteroatoms. The predicted octanol–water partition coefficient (Wildman–Crippen LogP) is 8.09. The normalized spacial score (nSPS) is 34.1. The molecule has 0 nitrogen and oxygen atoms in total. The van der Waals surface area contributed by atoms with Crippen molar-refractivity contribution in [2.24, 2.45) is 40.9 Å². The van der Waals surface area contributed by atoms with Crippen LogP contribution in [0.2, 0.25) is 0 Å². The fourth-order valence-corrected chi connectivity index (χ4v) is 6.81. The minimum Gasteiger partial charge on any atom is -0.176 e. The van der Waals surface area contributed by atoms with E-state index in [2.05, 4.69) is 53.7 Å². The molecule has 8 unspecified atom stereocenters. The van der Waals surface area contributed by atoms with Crippen LogP contribution in [0.15, 0.2) is 12.2 Å². The smallest absolute Gasteiger partial charge is 0.0227 e. The van der Waals surface area contributed by atoms with Crippen LogP contribution in [0.1, 0.15) is 92.9 Å². The summed E-state index contributed by atoms with van der Waals surface area (Å²) >= 11 is 9.98. The molecule has 2 rings (SSSR count). The third-order valence-electron chi connectivity index (χ3n) is 8.51. The monoisotopic (exact) mass is 410 g/mol. The summed E-state index contributed by atoms with van der Waals surface area (Å²) in [6.07, 6.45) is 15.3. The lowest BCUT2D eigenvalue weighted by Gasteiger charge is -2.39. The summed E-state index contributed by atoms with van der Waals surface area (Å²) in [6, 6.07) is 0. The number of thiol groups is 2. The summed E-state index contributed by atoms with van der Waals surface area (Å²) < 4.78 is 0. The number of allylic oxidation sites excluding steroid dienone is 1. The van der Waals surface area contributed by atoms with Gasteiger partial charge in [0.1, 0.15) is 0 Å². The molecule has 0 aromatic carbocycles. The maximum Gasteiger partial charge on any atom is 0.0227 e. The molecule has 0 aromatic heterocycles. The lowest BCUT2D eigenvalue weighted by atomic mass is 9.70. The molecule has 158 valence electrons. The van der Waals surface area contributed by atoms with Crippen LogP contribution in [-0.2, 0) is 0 Å². The molecule has 0 heterocycles. The highest BCUT2D eigenvalue weighted by atomic mass is 32.1. The molecule has 8 atom stereocenters. The van der Waals surface area contributed by atoms with Crippen LogP contribution in [-0.4, -0.2) is 10.5 Å². The number of hydrogen-bond donors (Lipinski definition) is 2. The standard InChI is InChI=1S/C25H46S2/c1-7-19(20-11-9-10-12-24(20)27)21(23(26)8-2)15-13-17(3)14-16-22-18(4)25(22,5)6/h10,12,17-24,26-27H,7-9,11,13-16H2,1-6H3. The van der Waals surface area contributed by atoms with E-state index in [1.54, 1.807) is 0 Å². The van der Waals surface area contributed by atoms with Gasteiger partial charge >= 0.3 is 0 Å². The fourth-order valence-electron chi connectivity index (χ4n) is 5.95. The molecule has 0 aliphatic heterocycles. The minimum absolute atomic E-state index is 0.444. The lowest BCUT2D eigenvalue weighted by molar-refractivity contribution is 0.183. The van der Waals surface area contributed by atoms with E-state index >= 15 is 0 Å². The van der Waals surface area contributed by atoms with Crippen LogP contribution in [0.4, 0.5) is 0 Å². The summed E-state index contributed by atoms with van der Waals surface area (Å²) in [7, 11) is 0. The first-order valence-corrected chi connectivity index (χ1v) is 12.8. The molecule has 1 fully saturated rings. The van der Waals surface area contributed by atoms with Gasteiger partial charge in [0.05, 0.1) is 0 Å². The van der Waals surface area contributed by atoms with Gasteiger partial charge in [-0.3, -0.25) is 0 Å². The van der Waals surface area contributed by atoms with Gasteiger partial charge in [0, 0.05) is 10.5 Å². The second-order valence-corrected chi connectivity index (χ2v) is 11.6. The van der Waals surface area contributed by atoms with Gasteiger partial charge in [-0.15, -0.1) is 0 Å². The maximum atomic E-state index is 5.06. The van der Waals surface area contributed by atoms with E-state index in [9.17, 15) is 0 Å². The Morgan fingerprint density at radius 1 is 1.11 bits per heavy atom. The van der Waals surface area contributed by atoms with Crippen molar-refractivity contribution in [3.63, 3.8) is 0 Å². The molecule has 1 saturated carbocycles. The lowest BCUT2D eigenvalue weighted by Crippen LogP contribution is -2.34. The first-order chi connectivity index (χ1) is 12.7. The summed E-state index contributed by atoms with van der Waals surface area (Å²) in [5, 5.41) is 0.982. The van der Waals surface area contributed by atoms with Gasteiger partial charge in [0.15, 0.2) is 0 Å². The van der Waals surface area contributed by atoms with Crippen LogP contribution < -0.4 is 0 Å². The summed E-state index contributed by atoms with van der Waals surface area (Å²) in [6.45, 7) is 14.5. The molecule has 0 saturated heterocycles. The molecule has 0 spiro atoms. The second kappa shape index (κ2) is 10.5. The molecule has 2 aliphatic rings. The predicted molar refractivity (Wildman–Crippen MR) is 129 cm³/mol. The van der Waals surface area contributed by atoms with E-state index in [0.29, 0.717) is 15.9 Å². The quantitative estimate of drug-likeness (QED) is 0.249. The van der Waals surface area contributed by atoms with Gasteiger partial charge in [-0.05, 0) is 73.0 Å². The van der Waals surface area contributed by atoms with Crippen molar-refractivity contribution in [2.45, 2.75) is 103 Å². The van der Waals surface area contributed by atoms with Gasteiger partial charge in [0.25, 0.3) is 0 Å². The first kappa shape index (κ1) is 23.7. The Balaban J connectivity index is 1.90. The maximum absolute atomic E-state index is 5.06. The molecule has 27 heavy (non-hydrogen) atoms. The summed E-state index contributed by atoms with van der Waals surface area (Å²) in [4.78, 5) is 0. The average Bonchev–Trinajstić information content (AvgIpc) is 3.13. The van der Waals surface area contributed by atoms with E-state index in [0.717, 1.165) is 35.5 Å². The van der Waals surface area contributed by atoms with Crippen LogP contribution in [0.3, 0.4) is 0 Å². The van der Waals surface area contributed by atoms with Gasteiger partial charge < -0.3 is 0 Å². The van der Waals surface area contributed by atoms with Crippen LogP contribution >= 0.6 is 25.3 Å². The number of rotatable bonds is 11. The Labute approximate surface area is 181 Å². The van der Waals surface area contributed by atoms with Gasteiger partial charge in [0.2, 0.25) is 0 Å². The molecular formula is C25H46S2. The third-order valence-corrected chi connectivity index (χ3v) is 9.81. The largest absolute Gasteiger partial charge is 0.176 e. The highest BCUT2D eigenvalue weighted by Gasteiger charge is 2.53. The zero-order valence-corrected chi connectivity index (χ0v) is 20.6. The highest BCUT2D eigenvalue weighted by Crippen LogP contribution is 2.60. The highest BCUT2D eigenvalue weighted by molar-refractivity contribution is 7.81. The van der Waals surface area contributed by atoms with Crippen molar-refractivity contribution < 1.29 is 0 Å². The Morgan fingerprint density at radius 3 is 2.30 bits per heavy atom. The van der Waals surface area contributed by atoms with E-state index in [1.165, 1.54) is 51.4 Å². The van der Waals surface area contributed by atoms with Crippen molar-refractivity contribution >= 4 is 25.3 Å².